The average molecular weight is 205 g/mol. The van der Waals surface area contributed by atoms with E-state index in [1.807, 2.05) is 6.07 Å². The molecular formula is C11H15N3O. The van der Waals surface area contributed by atoms with E-state index in [0.29, 0.717) is 5.69 Å². The summed E-state index contributed by atoms with van der Waals surface area (Å²) < 4.78 is 0. The van der Waals surface area contributed by atoms with E-state index >= 15 is 0 Å². The van der Waals surface area contributed by atoms with Crippen LogP contribution >= 0.6 is 0 Å². The summed E-state index contributed by atoms with van der Waals surface area (Å²) in [6.07, 6.45) is 1.78. The molecule has 80 valence electrons. The van der Waals surface area contributed by atoms with Crippen LogP contribution < -0.4 is 10.2 Å². The molecule has 0 atom stereocenters. The molecule has 1 aliphatic rings. The Labute approximate surface area is 89.3 Å². The van der Waals surface area contributed by atoms with Crippen LogP contribution in [0.15, 0.2) is 18.3 Å². The van der Waals surface area contributed by atoms with Crippen molar-refractivity contribution < 1.29 is 4.79 Å². The third kappa shape index (κ3) is 2.33. The first-order valence-corrected chi connectivity index (χ1v) is 5.20. The molecule has 0 spiro atoms. The summed E-state index contributed by atoms with van der Waals surface area (Å²) in [5.74, 6) is 0.0156. The van der Waals surface area contributed by atoms with Gasteiger partial charge in [0.05, 0.1) is 11.9 Å². The summed E-state index contributed by atoms with van der Waals surface area (Å²) in [6.45, 7) is 5.55. The number of piperazine rings is 1. The van der Waals surface area contributed by atoms with Gasteiger partial charge in [-0.05, 0) is 12.1 Å². The lowest BCUT2D eigenvalue weighted by Crippen LogP contribution is -2.43. The second kappa shape index (κ2) is 4.40. The summed E-state index contributed by atoms with van der Waals surface area (Å²) in [7, 11) is 0. The predicted molar refractivity (Wildman–Crippen MR) is 59.3 cm³/mol. The number of aromatic nitrogens is 1. The molecule has 4 nitrogen and oxygen atoms in total. The number of nitrogens with zero attached hydrogens (tertiary/aromatic N) is 2. The van der Waals surface area contributed by atoms with E-state index < -0.39 is 0 Å². The van der Waals surface area contributed by atoms with Gasteiger partial charge >= 0.3 is 0 Å². The Morgan fingerprint density at radius 3 is 2.67 bits per heavy atom. The van der Waals surface area contributed by atoms with Crippen molar-refractivity contribution in [3.05, 3.63) is 24.0 Å². The zero-order valence-corrected chi connectivity index (χ0v) is 8.86. The number of hydrogen-bond acceptors (Lipinski definition) is 4. The van der Waals surface area contributed by atoms with Crippen LogP contribution in [0, 0.1) is 0 Å². The number of nitrogens with one attached hydrogen (secondary N) is 1. The van der Waals surface area contributed by atoms with Crippen LogP contribution in [0.4, 0.5) is 5.69 Å². The van der Waals surface area contributed by atoms with Crippen molar-refractivity contribution in [2.45, 2.75) is 6.92 Å². The Morgan fingerprint density at radius 2 is 2.13 bits per heavy atom. The summed E-state index contributed by atoms with van der Waals surface area (Å²) >= 11 is 0. The molecule has 0 saturated carbocycles. The Kier molecular flexibility index (Phi) is 2.97. The number of rotatable bonds is 2. The summed E-state index contributed by atoms with van der Waals surface area (Å²) in [5, 5.41) is 3.30. The van der Waals surface area contributed by atoms with E-state index in [0.717, 1.165) is 31.9 Å². The maximum absolute atomic E-state index is 11.0. The van der Waals surface area contributed by atoms with Crippen molar-refractivity contribution in [3.8, 4) is 0 Å². The van der Waals surface area contributed by atoms with Gasteiger partial charge in [-0.25, -0.2) is 0 Å². The van der Waals surface area contributed by atoms with E-state index in [2.05, 4.69) is 15.2 Å². The number of ketones is 1. The maximum Gasteiger partial charge on any atom is 0.178 e. The number of anilines is 1. The summed E-state index contributed by atoms with van der Waals surface area (Å²) in [5.41, 5.74) is 1.63. The zero-order valence-electron chi connectivity index (χ0n) is 8.86. The molecule has 0 amide bonds. The quantitative estimate of drug-likeness (QED) is 0.722. The lowest BCUT2D eigenvalue weighted by molar-refractivity contribution is 0.101. The fourth-order valence-electron chi connectivity index (χ4n) is 1.70. The maximum atomic E-state index is 11.0. The zero-order chi connectivity index (χ0) is 10.7. The van der Waals surface area contributed by atoms with Crippen LogP contribution in [-0.4, -0.2) is 36.9 Å². The molecule has 2 rings (SSSR count). The van der Waals surface area contributed by atoms with Crippen LogP contribution in [-0.2, 0) is 0 Å². The minimum absolute atomic E-state index is 0.0156. The number of Topliss-reactive ketones (excluding diaryl/α,β-unsaturated/α-hetero) is 1. The molecule has 0 aliphatic carbocycles. The lowest BCUT2D eigenvalue weighted by atomic mass is 10.2. The SMILES string of the molecule is CC(=O)c1ccc(N2CCNCC2)cn1. The molecule has 0 unspecified atom stereocenters. The van der Waals surface area contributed by atoms with Crippen LogP contribution in [0.25, 0.3) is 0 Å². The molecule has 1 fully saturated rings. The monoisotopic (exact) mass is 205 g/mol. The number of hydrogen-bond donors (Lipinski definition) is 1. The molecule has 2 heterocycles. The van der Waals surface area contributed by atoms with Crippen molar-refractivity contribution in [2.24, 2.45) is 0 Å². The predicted octanol–water partition coefficient (Wildman–Crippen LogP) is 0.694. The topological polar surface area (TPSA) is 45.2 Å². The average Bonchev–Trinajstić information content (AvgIpc) is 2.30. The molecule has 1 aliphatic heterocycles. The van der Waals surface area contributed by atoms with Crippen molar-refractivity contribution in [3.63, 3.8) is 0 Å². The molecular weight excluding hydrogens is 190 g/mol. The van der Waals surface area contributed by atoms with Gasteiger partial charge in [-0.2, -0.15) is 0 Å². The highest BCUT2D eigenvalue weighted by Crippen LogP contribution is 2.13. The normalized spacial score (nSPS) is 16.5. The number of pyridine rings is 1. The smallest absolute Gasteiger partial charge is 0.178 e. The first-order valence-electron chi connectivity index (χ1n) is 5.20. The van der Waals surface area contributed by atoms with Crippen LogP contribution in [0.1, 0.15) is 17.4 Å². The summed E-state index contributed by atoms with van der Waals surface area (Å²) in [6, 6.07) is 3.76. The van der Waals surface area contributed by atoms with E-state index in [4.69, 9.17) is 0 Å². The molecule has 15 heavy (non-hydrogen) atoms. The summed E-state index contributed by atoms with van der Waals surface area (Å²) in [4.78, 5) is 17.5. The van der Waals surface area contributed by atoms with E-state index in [9.17, 15) is 4.79 Å². The van der Waals surface area contributed by atoms with Crippen LogP contribution in [0.2, 0.25) is 0 Å². The third-order valence-corrected chi connectivity index (χ3v) is 2.59. The number of carbonyl (C=O) groups excluding carboxylic acids is 1. The first kappa shape index (κ1) is 10.1. The largest absolute Gasteiger partial charge is 0.368 e. The van der Waals surface area contributed by atoms with Gasteiger partial charge in [0.2, 0.25) is 0 Å². The van der Waals surface area contributed by atoms with Crippen molar-refractivity contribution in [2.75, 3.05) is 31.1 Å². The van der Waals surface area contributed by atoms with Gasteiger partial charge in [0.15, 0.2) is 5.78 Å². The van der Waals surface area contributed by atoms with Crippen LogP contribution in [0.5, 0.6) is 0 Å². The molecule has 1 saturated heterocycles. The highest BCUT2D eigenvalue weighted by atomic mass is 16.1. The van der Waals surface area contributed by atoms with E-state index in [1.165, 1.54) is 6.92 Å². The third-order valence-electron chi connectivity index (χ3n) is 2.59. The van der Waals surface area contributed by atoms with Crippen molar-refractivity contribution in [1.29, 1.82) is 0 Å². The second-order valence-corrected chi connectivity index (χ2v) is 3.69. The Bertz CT molecular complexity index is 341. The van der Waals surface area contributed by atoms with Crippen LogP contribution in [0.3, 0.4) is 0 Å². The minimum atomic E-state index is 0.0156. The molecule has 0 bridgehead atoms. The van der Waals surface area contributed by atoms with Crippen molar-refractivity contribution in [1.82, 2.24) is 10.3 Å². The van der Waals surface area contributed by atoms with Gasteiger partial charge in [0, 0.05) is 33.1 Å². The Morgan fingerprint density at radius 1 is 1.40 bits per heavy atom. The van der Waals surface area contributed by atoms with Gasteiger partial charge in [-0.3, -0.25) is 9.78 Å². The lowest BCUT2D eigenvalue weighted by Gasteiger charge is -2.29. The Hall–Kier alpha value is -1.42. The fraction of sp³-hybridized carbons (Fsp3) is 0.455. The number of carbonyl (C=O) groups is 1. The van der Waals surface area contributed by atoms with Gasteiger partial charge in [-0.15, -0.1) is 0 Å². The standard InChI is InChI=1S/C11H15N3O/c1-9(15)11-3-2-10(8-13-11)14-6-4-12-5-7-14/h2-3,8,12H,4-7H2,1H3. The van der Waals surface area contributed by atoms with Crippen molar-refractivity contribution >= 4 is 11.5 Å². The minimum Gasteiger partial charge on any atom is -0.368 e. The molecule has 0 aromatic carbocycles. The molecule has 1 N–H and O–H groups in total. The molecule has 1 aromatic heterocycles. The Balaban J connectivity index is 2.11. The van der Waals surface area contributed by atoms with Gasteiger partial charge in [-0.1, -0.05) is 0 Å². The van der Waals surface area contributed by atoms with Gasteiger partial charge < -0.3 is 10.2 Å². The van der Waals surface area contributed by atoms with E-state index in [1.54, 1.807) is 12.3 Å². The van der Waals surface area contributed by atoms with E-state index in [-0.39, 0.29) is 5.78 Å². The molecule has 0 radical (unpaired) electrons. The molecule has 1 aromatic rings. The fourth-order valence-corrected chi connectivity index (χ4v) is 1.70. The first-order chi connectivity index (χ1) is 7.27. The highest BCUT2D eigenvalue weighted by Gasteiger charge is 2.10. The highest BCUT2D eigenvalue weighted by molar-refractivity contribution is 5.92. The van der Waals surface area contributed by atoms with Gasteiger partial charge in [0.25, 0.3) is 0 Å². The second-order valence-electron chi connectivity index (χ2n) is 3.69. The van der Waals surface area contributed by atoms with Gasteiger partial charge in [0.1, 0.15) is 5.69 Å². The molecule has 4 heteroatoms.